The third kappa shape index (κ3) is 4.67. The predicted molar refractivity (Wildman–Crippen MR) is 93.9 cm³/mol. The minimum atomic E-state index is -0.0819. The van der Waals surface area contributed by atoms with Gasteiger partial charge in [0.1, 0.15) is 11.4 Å². The molecule has 2 heterocycles. The van der Waals surface area contributed by atoms with E-state index in [1.54, 1.807) is 24.3 Å². The Morgan fingerprint density at radius 2 is 2.16 bits per heavy atom. The number of hydrogen-bond acceptors (Lipinski definition) is 6. The number of carbonyl (C=O) groups is 1. The van der Waals surface area contributed by atoms with E-state index in [0.29, 0.717) is 44.5 Å². The van der Waals surface area contributed by atoms with Gasteiger partial charge in [-0.3, -0.25) is 4.79 Å². The maximum Gasteiger partial charge on any atom is 0.272 e. The van der Waals surface area contributed by atoms with Gasteiger partial charge in [-0.15, -0.1) is 0 Å². The van der Waals surface area contributed by atoms with Crippen LogP contribution in [0.1, 0.15) is 16.1 Å². The van der Waals surface area contributed by atoms with Crippen molar-refractivity contribution in [1.82, 2.24) is 14.9 Å². The van der Waals surface area contributed by atoms with E-state index >= 15 is 0 Å². The van der Waals surface area contributed by atoms with E-state index in [-0.39, 0.29) is 5.91 Å². The van der Waals surface area contributed by atoms with E-state index in [1.165, 1.54) is 0 Å². The Morgan fingerprint density at radius 1 is 1.32 bits per heavy atom. The van der Waals surface area contributed by atoms with Gasteiger partial charge in [0.2, 0.25) is 5.95 Å². The fraction of sp³-hybridized carbons (Fsp3) is 0.389. The zero-order valence-corrected chi connectivity index (χ0v) is 14.3. The molecule has 2 aromatic rings. The summed E-state index contributed by atoms with van der Waals surface area (Å²) < 4.78 is 10.5. The highest BCUT2D eigenvalue weighted by Crippen LogP contribution is 2.13. The highest BCUT2D eigenvalue weighted by atomic mass is 16.5. The number of hydrogen-bond donors (Lipinski definition) is 1. The number of morpholine rings is 1. The zero-order valence-electron chi connectivity index (χ0n) is 14.3. The molecular weight excluding hydrogens is 320 g/mol. The molecule has 1 N–H and O–H groups in total. The van der Waals surface area contributed by atoms with Gasteiger partial charge in [0.15, 0.2) is 0 Å². The Kier molecular flexibility index (Phi) is 5.79. The molecule has 0 saturated carbocycles. The third-order valence-electron chi connectivity index (χ3n) is 4.00. The fourth-order valence-electron chi connectivity index (χ4n) is 2.64. The van der Waals surface area contributed by atoms with Gasteiger partial charge < -0.3 is 19.7 Å². The normalized spacial score (nSPS) is 14.2. The molecule has 1 amide bonds. The van der Waals surface area contributed by atoms with Crippen molar-refractivity contribution in [2.75, 3.05) is 45.3 Å². The number of rotatable bonds is 6. The van der Waals surface area contributed by atoms with Crippen molar-refractivity contribution in [3.8, 4) is 5.75 Å². The number of methoxy groups -OCH3 is 1. The summed E-state index contributed by atoms with van der Waals surface area (Å²) in [6, 6.07) is 9.57. The molecule has 1 saturated heterocycles. The number of nitrogens with zero attached hydrogens (tertiary/aromatic N) is 3. The summed E-state index contributed by atoms with van der Waals surface area (Å²) in [6.45, 7) is 3.01. The first-order valence-corrected chi connectivity index (χ1v) is 8.33. The lowest BCUT2D eigenvalue weighted by molar-refractivity contribution is 0.0299. The number of carbonyl (C=O) groups excluding carboxylic acids is 1. The molecule has 132 valence electrons. The number of anilines is 1. The Bertz CT molecular complexity index is 717. The minimum Gasteiger partial charge on any atom is -0.497 e. The van der Waals surface area contributed by atoms with Gasteiger partial charge in [0.05, 0.1) is 20.3 Å². The van der Waals surface area contributed by atoms with Crippen LogP contribution in [0, 0.1) is 0 Å². The average Bonchev–Trinajstić information content (AvgIpc) is 2.68. The zero-order chi connectivity index (χ0) is 17.5. The van der Waals surface area contributed by atoms with Gasteiger partial charge in [0.25, 0.3) is 5.91 Å². The van der Waals surface area contributed by atoms with Crippen molar-refractivity contribution in [3.63, 3.8) is 0 Å². The monoisotopic (exact) mass is 342 g/mol. The molecule has 1 aromatic carbocycles. The summed E-state index contributed by atoms with van der Waals surface area (Å²) in [5, 5.41) is 3.17. The van der Waals surface area contributed by atoms with Crippen molar-refractivity contribution in [2.45, 2.75) is 6.42 Å². The number of ether oxygens (including phenoxy) is 2. The van der Waals surface area contributed by atoms with Gasteiger partial charge in [-0.25, -0.2) is 9.97 Å². The van der Waals surface area contributed by atoms with Crippen LogP contribution in [0.4, 0.5) is 5.95 Å². The van der Waals surface area contributed by atoms with Crippen LogP contribution in [0.15, 0.2) is 36.5 Å². The quantitative estimate of drug-likeness (QED) is 0.859. The van der Waals surface area contributed by atoms with E-state index in [0.717, 1.165) is 17.7 Å². The van der Waals surface area contributed by atoms with Gasteiger partial charge in [-0.05, 0) is 30.2 Å². The second kappa shape index (κ2) is 8.43. The molecule has 0 bridgehead atoms. The second-order valence-electron chi connectivity index (χ2n) is 5.70. The highest BCUT2D eigenvalue weighted by Gasteiger charge is 2.19. The van der Waals surface area contributed by atoms with E-state index in [9.17, 15) is 4.79 Å². The van der Waals surface area contributed by atoms with Crippen molar-refractivity contribution in [2.24, 2.45) is 0 Å². The topological polar surface area (TPSA) is 76.6 Å². The first-order chi connectivity index (χ1) is 12.3. The number of benzene rings is 1. The van der Waals surface area contributed by atoms with Crippen LogP contribution in [-0.4, -0.2) is 60.7 Å². The lowest BCUT2D eigenvalue weighted by atomic mass is 10.1. The number of nitrogens with one attached hydrogen (secondary N) is 1. The first kappa shape index (κ1) is 17.2. The van der Waals surface area contributed by atoms with E-state index in [1.807, 2.05) is 24.3 Å². The number of amides is 1. The molecule has 1 aliphatic heterocycles. The largest absolute Gasteiger partial charge is 0.497 e. The molecule has 1 aromatic heterocycles. The van der Waals surface area contributed by atoms with Gasteiger partial charge in [-0.2, -0.15) is 0 Å². The minimum absolute atomic E-state index is 0.0819. The van der Waals surface area contributed by atoms with Gasteiger partial charge in [-0.1, -0.05) is 12.1 Å². The summed E-state index contributed by atoms with van der Waals surface area (Å²) in [5.41, 5.74) is 1.56. The maximum atomic E-state index is 12.5. The Balaban J connectivity index is 1.57. The molecule has 25 heavy (non-hydrogen) atoms. The molecule has 1 fully saturated rings. The molecule has 3 rings (SSSR count). The summed E-state index contributed by atoms with van der Waals surface area (Å²) in [6.07, 6.45) is 2.41. The predicted octanol–water partition coefficient (Wildman–Crippen LogP) is 1.61. The summed E-state index contributed by atoms with van der Waals surface area (Å²) in [5.74, 6) is 1.22. The van der Waals surface area contributed by atoms with Crippen LogP contribution in [-0.2, 0) is 11.2 Å². The van der Waals surface area contributed by atoms with Crippen LogP contribution in [0.25, 0.3) is 0 Å². The number of aromatic nitrogens is 2. The summed E-state index contributed by atoms with van der Waals surface area (Å²) >= 11 is 0. The summed E-state index contributed by atoms with van der Waals surface area (Å²) in [7, 11) is 1.65. The lowest BCUT2D eigenvalue weighted by Crippen LogP contribution is -2.41. The van der Waals surface area contributed by atoms with Crippen molar-refractivity contribution < 1.29 is 14.3 Å². The van der Waals surface area contributed by atoms with Crippen LogP contribution in [0.2, 0.25) is 0 Å². The van der Waals surface area contributed by atoms with E-state index in [4.69, 9.17) is 9.47 Å². The highest BCUT2D eigenvalue weighted by molar-refractivity contribution is 5.92. The second-order valence-corrected chi connectivity index (χ2v) is 5.70. The van der Waals surface area contributed by atoms with Gasteiger partial charge in [0, 0.05) is 25.8 Å². The van der Waals surface area contributed by atoms with Gasteiger partial charge >= 0.3 is 0 Å². The standard InChI is InChI=1S/C18H22N4O3/c1-24-15-4-2-3-14(13-15)5-7-19-18-20-8-6-16(21-18)17(23)22-9-11-25-12-10-22/h2-4,6,8,13H,5,7,9-12H2,1H3,(H,19,20,21). The van der Waals surface area contributed by atoms with Crippen LogP contribution >= 0.6 is 0 Å². The SMILES string of the molecule is COc1cccc(CCNc2nccc(C(=O)N3CCOCC3)n2)c1. The molecule has 0 radical (unpaired) electrons. The molecule has 1 aliphatic rings. The first-order valence-electron chi connectivity index (χ1n) is 8.33. The molecule has 0 aliphatic carbocycles. The van der Waals surface area contributed by atoms with Crippen molar-refractivity contribution in [3.05, 3.63) is 47.8 Å². The van der Waals surface area contributed by atoms with E-state index < -0.39 is 0 Å². The molecular formula is C18H22N4O3. The van der Waals surface area contributed by atoms with Crippen LogP contribution in [0.5, 0.6) is 5.75 Å². The Hall–Kier alpha value is -2.67. The molecule has 0 spiro atoms. The summed E-state index contributed by atoms with van der Waals surface area (Å²) in [4.78, 5) is 22.7. The smallest absolute Gasteiger partial charge is 0.272 e. The lowest BCUT2D eigenvalue weighted by Gasteiger charge is -2.26. The van der Waals surface area contributed by atoms with Crippen LogP contribution < -0.4 is 10.1 Å². The third-order valence-corrected chi connectivity index (χ3v) is 4.00. The van der Waals surface area contributed by atoms with Crippen LogP contribution in [0.3, 0.4) is 0 Å². The molecule has 0 atom stereocenters. The molecule has 0 unspecified atom stereocenters. The van der Waals surface area contributed by atoms with Crippen molar-refractivity contribution in [1.29, 1.82) is 0 Å². The Labute approximate surface area is 147 Å². The molecule has 7 nitrogen and oxygen atoms in total. The Morgan fingerprint density at radius 3 is 2.96 bits per heavy atom. The average molecular weight is 342 g/mol. The maximum absolute atomic E-state index is 12.5. The fourth-order valence-corrected chi connectivity index (χ4v) is 2.64. The van der Waals surface area contributed by atoms with E-state index in [2.05, 4.69) is 15.3 Å². The molecule has 7 heteroatoms. The van der Waals surface area contributed by atoms with Crippen molar-refractivity contribution >= 4 is 11.9 Å².